The Kier molecular flexibility index (Phi) is 6.84. The molecule has 0 radical (unpaired) electrons. The molecule has 1 amide bonds. The van der Waals surface area contributed by atoms with Crippen LogP contribution in [0, 0.1) is 5.82 Å². The Morgan fingerprint density at radius 2 is 1.70 bits per heavy atom. The van der Waals surface area contributed by atoms with Crippen molar-refractivity contribution in [3.05, 3.63) is 77.3 Å². The SMILES string of the molecule is CC(C)N(Cc1nnc(-c2ccc(Cl)cc2)o1)C(=O)CCc1ncc(-c2ccc(F)cc2)o1. The first kappa shape index (κ1) is 22.7. The third kappa shape index (κ3) is 5.64. The van der Waals surface area contributed by atoms with Crippen LogP contribution in [0.3, 0.4) is 0 Å². The smallest absolute Gasteiger partial charge is 0.247 e. The summed E-state index contributed by atoms with van der Waals surface area (Å²) < 4.78 is 24.6. The summed E-state index contributed by atoms with van der Waals surface area (Å²) in [5.41, 5.74) is 1.47. The van der Waals surface area contributed by atoms with Gasteiger partial charge in [-0.25, -0.2) is 9.37 Å². The summed E-state index contributed by atoms with van der Waals surface area (Å²) in [6.07, 6.45) is 2.12. The van der Waals surface area contributed by atoms with Crippen molar-refractivity contribution in [2.75, 3.05) is 0 Å². The lowest BCUT2D eigenvalue weighted by atomic mass is 10.2. The van der Waals surface area contributed by atoms with Crippen LogP contribution < -0.4 is 0 Å². The van der Waals surface area contributed by atoms with Crippen molar-refractivity contribution >= 4 is 17.5 Å². The number of amides is 1. The number of carbonyl (C=O) groups is 1. The van der Waals surface area contributed by atoms with Gasteiger partial charge < -0.3 is 13.7 Å². The Bertz CT molecular complexity index is 1220. The van der Waals surface area contributed by atoms with Gasteiger partial charge >= 0.3 is 0 Å². The van der Waals surface area contributed by atoms with Gasteiger partial charge in [-0.2, -0.15) is 0 Å². The van der Waals surface area contributed by atoms with Crippen molar-refractivity contribution in [2.45, 2.75) is 39.3 Å². The summed E-state index contributed by atoms with van der Waals surface area (Å²) in [7, 11) is 0. The summed E-state index contributed by atoms with van der Waals surface area (Å²) in [6, 6.07) is 13.0. The molecule has 2 heterocycles. The van der Waals surface area contributed by atoms with Gasteiger partial charge in [0.2, 0.25) is 17.7 Å². The van der Waals surface area contributed by atoms with Gasteiger partial charge in [-0.1, -0.05) is 11.6 Å². The number of rotatable bonds is 8. The number of aryl methyl sites for hydroxylation is 1. The predicted octanol–water partition coefficient (Wildman–Crippen LogP) is 5.55. The Balaban J connectivity index is 1.38. The molecule has 2 aromatic heterocycles. The molecule has 0 atom stereocenters. The number of hydrogen-bond donors (Lipinski definition) is 0. The van der Waals surface area contributed by atoms with Crippen molar-refractivity contribution in [3.8, 4) is 22.8 Å². The normalized spacial score (nSPS) is 11.2. The molecule has 0 aliphatic rings. The van der Waals surface area contributed by atoms with Gasteiger partial charge in [0.25, 0.3) is 0 Å². The molecule has 0 saturated heterocycles. The van der Waals surface area contributed by atoms with E-state index >= 15 is 0 Å². The van der Waals surface area contributed by atoms with E-state index in [1.807, 2.05) is 13.8 Å². The molecule has 0 bridgehead atoms. The molecule has 170 valence electrons. The third-order valence-corrected chi connectivity index (χ3v) is 5.29. The zero-order valence-electron chi connectivity index (χ0n) is 18.2. The molecule has 0 saturated carbocycles. The largest absolute Gasteiger partial charge is 0.441 e. The monoisotopic (exact) mass is 468 g/mol. The maximum Gasteiger partial charge on any atom is 0.247 e. The van der Waals surface area contributed by atoms with Crippen LogP contribution in [-0.2, 0) is 17.8 Å². The number of benzene rings is 2. The van der Waals surface area contributed by atoms with E-state index in [9.17, 15) is 9.18 Å². The zero-order chi connectivity index (χ0) is 23.4. The van der Waals surface area contributed by atoms with Gasteiger partial charge in [0.1, 0.15) is 5.82 Å². The molecule has 0 aliphatic heterocycles. The average molecular weight is 469 g/mol. The lowest BCUT2D eigenvalue weighted by Crippen LogP contribution is -2.36. The Morgan fingerprint density at radius 3 is 2.39 bits per heavy atom. The quantitative estimate of drug-likeness (QED) is 0.337. The topological polar surface area (TPSA) is 85.3 Å². The van der Waals surface area contributed by atoms with Gasteiger partial charge in [0, 0.05) is 35.0 Å². The minimum atomic E-state index is -0.320. The standard InChI is InChI=1S/C24H22ClFN4O3/c1-15(2)30(14-22-28-29-24(33-22)17-3-7-18(25)8-4-17)23(31)12-11-21-27-13-20(32-21)16-5-9-19(26)10-6-16/h3-10,13,15H,11-12,14H2,1-2H3. The van der Waals surface area contributed by atoms with Gasteiger partial charge in [-0.15, -0.1) is 10.2 Å². The van der Waals surface area contributed by atoms with Crippen molar-refractivity contribution in [1.29, 1.82) is 0 Å². The minimum absolute atomic E-state index is 0.0669. The van der Waals surface area contributed by atoms with E-state index in [1.54, 1.807) is 47.5 Å². The van der Waals surface area contributed by atoms with E-state index in [4.69, 9.17) is 20.4 Å². The molecule has 0 N–H and O–H groups in total. The van der Waals surface area contributed by atoms with Crippen LogP contribution in [0.1, 0.15) is 32.0 Å². The summed E-state index contributed by atoms with van der Waals surface area (Å²) in [6.45, 7) is 4.04. The molecule has 0 spiro atoms. The highest BCUT2D eigenvalue weighted by Crippen LogP contribution is 2.23. The third-order valence-electron chi connectivity index (χ3n) is 5.04. The fraction of sp³-hybridized carbons (Fsp3) is 0.250. The molecule has 0 fully saturated rings. The molecule has 0 unspecified atom stereocenters. The van der Waals surface area contributed by atoms with Crippen molar-refractivity contribution in [2.24, 2.45) is 0 Å². The number of oxazole rings is 1. The van der Waals surface area contributed by atoms with Gasteiger partial charge in [-0.05, 0) is 62.4 Å². The minimum Gasteiger partial charge on any atom is -0.441 e. The number of hydrogen-bond acceptors (Lipinski definition) is 6. The lowest BCUT2D eigenvalue weighted by molar-refractivity contribution is -0.134. The molecule has 2 aromatic carbocycles. The van der Waals surface area contributed by atoms with E-state index in [2.05, 4.69) is 15.2 Å². The zero-order valence-corrected chi connectivity index (χ0v) is 18.9. The molecular formula is C24H22ClFN4O3. The van der Waals surface area contributed by atoms with E-state index in [1.165, 1.54) is 12.1 Å². The lowest BCUT2D eigenvalue weighted by Gasteiger charge is -2.25. The molecule has 4 rings (SSSR count). The maximum absolute atomic E-state index is 13.1. The van der Waals surface area contributed by atoms with E-state index < -0.39 is 0 Å². The van der Waals surface area contributed by atoms with Crippen LogP contribution in [-0.4, -0.2) is 32.0 Å². The first-order chi connectivity index (χ1) is 15.9. The molecule has 4 aromatic rings. The first-order valence-corrected chi connectivity index (χ1v) is 10.9. The van der Waals surface area contributed by atoms with Crippen LogP contribution in [0.15, 0.2) is 63.6 Å². The number of carbonyl (C=O) groups excluding carboxylic acids is 1. The van der Waals surface area contributed by atoms with Crippen LogP contribution in [0.5, 0.6) is 0 Å². The van der Waals surface area contributed by atoms with Crippen LogP contribution in [0.4, 0.5) is 4.39 Å². The molecule has 0 aliphatic carbocycles. The second-order valence-electron chi connectivity index (χ2n) is 7.75. The number of aromatic nitrogens is 3. The Morgan fingerprint density at radius 1 is 1.00 bits per heavy atom. The second-order valence-corrected chi connectivity index (χ2v) is 8.18. The van der Waals surface area contributed by atoms with Crippen molar-refractivity contribution in [1.82, 2.24) is 20.1 Å². The van der Waals surface area contributed by atoms with Crippen LogP contribution >= 0.6 is 11.6 Å². The molecule has 33 heavy (non-hydrogen) atoms. The number of halogens is 2. The van der Waals surface area contributed by atoms with Gasteiger partial charge in [0.05, 0.1) is 12.7 Å². The Hall–Kier alpha value is -3.52. The fourth-order valence-corrected chi connectivity index (χ4v) is 3.39. The average Bonchev–Trinajstić information content (AvgIpc) is 3.46. The highest BCUT2D eigenvalue weighted by atomic mass is 35.5. The van der Waals surface area contributed by atoms with E-state index in [-0.39, 0.29) is 30.7 Å². The van der Waals surface area contributed by atoms with Crippen molar-refractivity contribution in [3.63, 3.8) is 0 Å². The van der Waals surface area contributed by atoms with Crippen LogP contribution in [0.25, 0.3) is 22.8 Å². The summed E-state index contributed by atoms with van der Waals surface area (Å²) in [5, 5.41) is 8.77. The van der Waals surface area contributed by atoms with E-state index in [0.717, 1.165) is 11.1 Å². The van der Waals surface area contributed by atoms with Gasteiger partial charge in [-0.3, -0.25) is 4.79 Å². The Labute approximate surface area is 195 Å². The highest BCUT2D eigenvalue weighted by molar-refractivity contribution is 6.30. The molecule has 9 heteroatoms. The van der Waals surface area contributed by atoms with Crippen molar-refractivity contribution < 1.29 is 18.0 Å². The first-order valence-electron chi connectivity index (χ1n) is 10.5. The maximum atomic E-state index is 13.1. The van der Waals surface area contributed by atoms with Gasteiger partial charge in [0.15, 0.2) is 11.7 Å². The second kappa shape index (κ2) is 9.95. The van der Waals surface area contributed by atoms with Crippen LogP contribution in [0.2, 0.25) is 5.02 Å². The predicted molar refractivity (Wildman–Crippen MR) is 121 cm³/mol. The highest BCUT2D eigenvalue weighted by Gasteiger charge is 2.21. The summed E-state index contributed by atoms with van der Waals surface area (Å²) >= 11 is 5.92. The summed E-state index contributed by atoms with van der Waals surface area (Å²) in [5.74, 6) is 1.27. The molecular weight excluding hydrogens is 447 g/mol. The summed E-state index contributed by atoms with van der Waals surface area (Å²) in [4.78, 5) is 18.8. The number of nitrogens with zero attached hydrogens (tertiary/aromatic N) is 4. The molecule has 7 nitrogen and oxygen atoms in total. The van der Waals surface area contributed by atoms with E-state index in [0.29, 0.717) is 34.9 Å². The fourth-order valence-electron chi connectivity index (χ4n) is 3.26.